The standard InChI is InChI=1S/C3H5N3S2/c4-2-1-8(7)3(5)6-2/h1H,4H2,(H2,5,6). The van der Waals surface area contributed by atoms with Gasteiger partial charge in [-0.15, -0.1) is 0 Å². The van der Waals surface area contributed by atoms with Gasteiger partial charge in [0.25, 0.3) is 0 Å². The van der Waals surface area contributed by atoms with Crippen LogP contribution in [0.1, 0.15) is 0 Å². The van der Waals surface area contributed by atoms with Gasteiger partial charge in [0.2, 0.25) is 0 Å². The lowest BCUT2D eigenvalue weighted by molar-refractivity contribution is 1.27. The molecule has 0 radical (unpaired) electrons. The van der Waals surface area contributed by atoms with E-state index < -0.39 is 9.45 Å². The molecule has 1 heterocycles. The first-order valence-electron chi connectivity index (χ1n) is 1.92. The predicted octanol–water partition coefficient (Wildman–Crippen LogP) is -0.847. The minimum Gasteiger partial charge on any atom is -0.383 e. The van der Waals surface area contributed by atoms with Crippen molar-refractivity contribution < 1.29 is 0 Å². The molecule has 0 amide bonds. The van der Waals surface area contributed by atoms with E-state index in [1.54, 1.807) is 5.41 Å². The second-order valence-electron chi connectivity index (χ2n) is 1.29. The Hall–Kier alpha value is -0.420. The number of hydrogen-bond donors (Lipinski definition) is 2. The monoisotopic (exact) mass is 147 g/mol. The fourth-order valence-corrected chi connectivity index (χ4v) is 1.36. The smallest absolute Gasteiger partial charge is 0.169 e. The highest BCUT2D eigenvalue weighted by Gasteiger charge is 2.04. The zero-order valence-corrected chi connectivity index (χ0v) is 5.63. The van der Waals surface area contributed by atoms with E-state index in [1.165, 1.54) is 0 Å². The van der Waals surface area contributed by atoms with E-state index in [9.17, 15) is 0 Å². The summed E-state index contributed by atoms with van der Waals surface area (Å²) < 4.78 is 0. The quantitative estimate of drug-likeness (QED) is 0.469. The van der Waals surface area contributed by atoms with Crippen LogP contribution in [0.25, 0.3) is 0 Å². The van der Waals surface area contributed by atoms with Crippen LogP contribution in [-0.4, -0.2) is 5.17 Å². The molecular formula is C3H5N3S2. The van der Waals surface area contributed by atoms with Crippen LogP contribution in [0.2, 0.25) is 0 Å². The predicted molar refractivity (Wildman–Crippen MR) is 38.6 cm³/mol. The van der Waals surface area contributed by atoms with E-state index >= 15 is 0 Å². The van der Waals surface area contributed by atoms with Gasteiger partial charge in [0.1, 0.15) is 5.82 Å². The Morgan fingerprint density at radius 2 is 2.25 bits per heavy atom. The number of aliphatic imine (C=N–C) groups is 1. The summed E-state index contributed by atoms with van der Waals surface area (Å²) in [6.07, 6.45) is 0. The number of nitrogens with zero attached hydrogens (tertiary/aromatic N) is 1. The first-order chi connectivity index (χ1) is 3.70. The summed E-state index contributed by atoms with van der Waals surface area (Å²) in [4.78, 5) is 3.71. The van der Waals surface area contributed by atoms with Gasteiger partial charge < -0.3 is 11.5 Å². The molecular weight excluding hydrogens is 142 g/mol. The lowest BCUT2D eigenvalue weighted by Gasteiger charge is -1.84. The maximum absolute atomic E-state index is 5.29. The molecule has 1 unspecified atom stereocenters. The van der Waals surface area contributed by atoms with Crippen LogP contribution < -0.4 is 11.5 Å². The third-order valence-corrected chi connectivity index (χ3v) is 2.43. The van der Waals surface area contributed by atoms with E-state index in [-0.39, 0.29) is 0 Å². The summed E-state index contributed by atoms with van der Waals surface area (Å²) in [5.74, 6) is 0.445. The normalized spacial score (nSPS) is 27.2. The third-order valence-electron chi connectivity index (χ3n) is 0.673. The average molecular weight is 147 g/mol. The van der Waals surface area contributed by atoms with Gasteiger partial charge in [0.05, 0.1) is 0 Å². The number of amidine groups is 1. The fraction of sp³-hybridized carbons (Fsp3) is 0. The van der Waals surface area contributed by atoms with E-state index in [0.717, 1.165) is 0 Å². The van der Waals surface area contributed by atoms with Crippen molar-refractivity contribution in [2.75, 3.05) is 0 Å². The largest absolute Gasteiger partial charge is 0.383 e. The molecule has 1 rings (SSSR count). The van der Waals surface area contributed by atoms with Crippen molar-refractivity contribution in [3.63, 3.8) is 0 Å². The lowest BCUT2D eigenvalue weighted by atomic mass is 10.9. The molecule has 1 aliphatic heterocycles. The van der Waals surface area contributed by atoms with Crippen LogP contribution in [0, 0.1) is 0 Å². The van der Waals surface area contributed by atoms with Crippen LogP contribution in [0.5, 0.6) is 0 Å². The molecule has 0 bridgehead atoms. The zero-order valence-electron chi connectivity index (χ0n) is 4.00. The van der Waals surface area contributed by atoms with E-state index in [2.05, 4.69) is 4.99 Å². The third kappa shape index (κ3) is 0.873. The molecule has 8 heavy (non-hydrogen) atoms. The molecule has 1 atom stereocenters. The fourth-order valence-electron chi connectivity index (χ4n) is 0.369. The first kappa shape index (κ1) is 5.71. The van der Waals surface area contributed by atoms with Crippen molar-refractivity contribution in [3.8, 4) is 0 Å². The van der Waals surface area contributed by atoms with Crippen molar-refractivity contribution >= 4 is 25.8 Å². The summed E-state index contributed by atoms with van der Waals surface area (Å²) >= 11 is 4.82. The van der Waals surface area contributed by atoms with Gasteiger partial charge >= 0.3 is 0 Å². The van der Waals surface area contributed by atoms with Gasteiger partial charge in [-0.1, -0.05) is 0 Å². The Morgan fingerprint density at radius 1 is 1.62 bits per heavy atom. The van der Waals surface area contributed by atoms with Crippen molar-refractivity contribution in [2.45, 2.75) is 0 Å². The summed E-state index contributed by atoms with van der Waals surface area (Å²) in [6, 6.07) is 0. The molecule has 0 aromatic heterocycles. The number of hydrogen-bond acceptors (Lipinski definition) is 4. The van der Waals surface area contributed by atoms with Crippen LogP contribution >= 0.6 is 0 Å². The Labute approximate surface area is 54.0 Å². The van der Waals surface area contributed by atoms with Gasteiger partial charge in [-0.2, -0.15) is 0 Å². The van der Waals surface area contributed by atoms with Gasteiger partial charge in [-0.3, -0.25) is 0 Å². The van der Waals surface area contributed by atoms with Gasteiger partial charge in [0, 0.05) is 5.41 Å². The van der Waals surface area contributed by atoms with Gasteiger partial charge in [-0.05, 0) is 20.6 Å². The summed E-state index contributed by atoms with van der Waals surface area (Å²) in [5.41, 5.74) is 10.5. The maximum atomic E-state index is 5.29. The summed E-state index contributed by atoms with van der Waals surface area (Å²) in [6.45, 7) is 0. The SMILES string of the molecule is NC1=CS(=S)C(N)=N1. The average Bonchev–Trinajstić information content (AvgIpc) is 1.85. The molecule has 0 aliphatic carbocycles. The van der Waals surface area contributed by atoms with Crippen molar-refractivity contribution in [3.05, 3.63) is 11.2 Å². The Kier molecular flexibility index (Phi) is 1.31. The molecule has 5 heteroatoms. The molecule has 0 fully saturated rings. The highest BCUT2D eigenvalue weighted by Crippen LogP contribution is 2.01. The Balaban J connectivity index is 2.95. The van der Waals surface area contributed by atoms with Gasteiger partial charge in [0.15, 0.2) is 5.17 Å². The molecule has 44 valence electrons. The molecule has 4 N–H and O–H groups in total. The topological polar surface area (TPSA) is 64.4 Å². The second kappa shape index (κ2) is 1.83. The molecule has 0 aromatic rings. The Morgan fingerprint density at radius 3 is 2.38 bits per heavy atom. The second-order valence-corrected chi connectivity index (χ2v) is 3.62. The molecule has 0 saturated carbocycles. The van der Waals surface area contributed by atoms with Crippen molar-refractivity contribution in [1.29, 1.82) is 0 Å². The summed E-state index contributed by atoms with van der Waals surface area (Å²) in [7, 11) is -0.424. The lowest BCUT2D eigenvalue weighted by Crippen LogP contribution is -2.12. The number of rotatable bonds is 0. The minimum atomic E-state index is -0.424. The van der Waals surface area contributed by atoms with E-state index in [4.69, 9.17) is 22.7 Å². The first-order valence-corrected chi connectivity index (χ1v) is 4.13. The molecule has 0 saturated heterocycles. The van der Waals surface area contributed by atoms with E-state index in [0.29, 0.717) is 11.0 Å². The Bertz CT molecular complexity index is 190. The highest BCUT2D eigenvalue weighted by atomic mass is 32.8. The molecule has 3 nitrogen and oxygen atoms in total. The van der Waals surface area contributed by atoms with Crippen LogP contribution in [0.4, 0.5) is 0 Å². The zero-order chi connectivity index (χ0) is 6.15. The van der Waals surface area contributed by atoms with Crippen molar-refractivity contribution in [1.82, 2.24) is 0 Å². The minimum absolute atomic E-state index is 0.424. The molecule has 0 aromatic carbocycles. The van der Waals surface area contributed by atoms with Crippen molar-refractivity contribution in [2.24, 2.45) is 16.5 Å². The number of nitrogens with two attached hydrogens (primary N) is 2. The molecule has 0 spiro atoms. The molecule has 1 aliphatic rings. The highest BCUT2D eigenvalue weighted by molar-refractivity contribution is 8.39. The van der Waals surface area contributed by atoms with E-state index in [1.807, 2.05) is 0 Å². The maximum Gasteiger partial charge on any atom is 0.169 e. The van der Waals surface area contributed by atoms with Crippen LogP contribution in [0.3, 0.4) is 0 Å². The van der Waals surface area contributed by atoms with Crippen LogP contribution in [0.15, 0.2) is 16.2 Å². The van der Waals surface area contributed by atoms with Gasteiger partial charge in [-0.25, -0.2) is 4.99 Å². The summed E-state index contributed by atoms with van der Waals surface area (Å²) in [5, 5.41) is 2.13. The van der Waals surface area contributed by atoms with Crippen LogP contribution in [-0.2, 0) is 20.6 Å².